The molecule has 5 nitrogen and oxygen atoms in total. The fourth-order valence-electron chi connectivity index (χ4n) is 1.66. The van der Waals surface area contributed by atoms with Crippen LogP contribution in [-0.2, 0) is 11.3 Å². The molecule has 2 aromatic rings. The molecule has 20 heavy (non-hydrogen) atoms. The van der Waals surface area contributed by atoms with E-state index in [0.717, 1.165) is 15.9 Å². The second-order valence-electron chi connectivity index (χ2n) is 4.00. The van der Waals surface area contributed by atoms with Crippen LogP contribution < -0.4 is 10.1 Å². The monoisotopic (exact) mass is 339 g/mol. The van der Waals surface area contributed by atoms with Crippen LogP contribution in [0.2, 0.25) is 0 Å². The normalized spacial score (nSPS) is 10.2. The molecule has 0 saturated carbocycles. The van der Waals surface area contributed by atoms with Crippen molar-refractivity contribution in [2.45, 2.75) is 6.54 Å². The molecule has 1 aromatic heterocycles. The van der Waals surface area contributed by atoms with Crippen molar-refractivity contribution in [2.24, 2.45) is 0 Å². The summed E-state index contributed by atoms with van der Waals surface area (Å²) in [5, 5.41) is 3.19. The van der Waals surface area contributed by atoms with Crippen LogP contribution in [0.15, 0.2) is 39.4 Å². The van der Waals surface area contributed by atoms with Gasteiger partial charge in [-0.15, -0.1) is 0 Å². The first-order valence-electron chi connectivity index (χ1n) is 5.87. The van der Waals surface area contributed by atoms with Gasteiger partial charge in [0.1, 0.15) is 17.8 Å². The smallest absolute Gasteiger partial charge is 0.341 e. The molecule has 0 spiro atoms. The predicted molar refractivity (Wildman–Crippen MR) is 78.1 cm³/mol. The summed E-state index contributed by atoms with van der Waals surface area (Å²) in [6.07, 6.45) is 1.38. The van der Waals surface area contributed by atoms with Gasteiger partial charge in [-0.1, -0.05) is 0 Å². The van der Waals surface area contributed by atoms with Crippen LogP contribution in [0.5, 0.6) is 5.75 Å². The zero-order valence-corrected chi connectivity index (χ0v) is 12.7. The molecule has 1 aromatic carbocycles. The number of furan rings is 1. The zero-order valence-electron chi connectivity index (χ0n) is 11.1. The van der Waals surface area contributed by atoms with E-state index >= 15 is 0 Å². The molecule has 0 aliphatic heterocycles. The van der Waals surface area contributed by atoms with Crippen LogP contribution >= 0.6 is 15.9 Å². The van der Waals surface area contributed by atoms with Crippen molar-refractivity contribution in [1.82, 2.24) is 0 Å². The number of carbonyl (C=O) groups is 1. The minimum atomic E-state index is -0.410. The summed E-state index contributed by atoms with van der Waals surface area (Å²) < 4.78 is 15.9. The van der Waals surface area contributed by atoms with Crippen molar-refractivity contribution in [3.05, 3.63) is 46.3 Å². The van der Waals surface area contributed by atoms with Gasteiger partial charge >= 0.3 is 5.97 Å². The predicted octanol–water partition coefficient (Wildman–Crippen LogP) is 3.45. The van der Waals surface area contributed by atoms with E-state index in [2.05, 4.69) is 26.0 Å². The lowest BCUT2D eigenvalue weighted by Gasteiger charge is -2.07. The van der Waals surface area contributed by atoms with Crippen molar-refractivity contribution in [3.63, 3.8) is 0 Å². The van der Waals surface area contributed by atoms with E-state index < -0.39 is 5.97 Å². The first-order valence-corrected chi connectivity index (χ1v) is 6.66. The van der Waals surface area contributed by atoms with Gasteiger partial charge in [-0.3, -0.25) is 0 Å². The van der Waals surface area contributed by atoms with Gasteiger partial charge in [0.15, 0.2) is 0 Å². The number of carbonyl (C=O) groups excluding carboxylic acids is 1. The Bertz CT molecular complexity index is 609. The molecular weight excluding hydrogens is 326 g/mol. The first kappa shape index (κ1) is 14.5. The van der Waals surface area contributed by atoms with Crippen LogP contribution in [0.4, 0.5) is 5.69 Å². The third-order valence-corrected chi connectivity index (χ3v) is 3.31. The van der Waals surface area contributed by atoms with Crippen molar-refractivity contribution in [1.29, 1.82) is 0 Å². The molecule has 0 aliphatic rings. The average molecular weight is 340 g/mol. The van der Waals surface area contributed by atoms with Crippen LogP contribution in [0, 0.1) is 0 Å². The molecule has 0 aliphatic carbocycles. The maximum absolute atomic E-state index is 11.3. The summed E-state index contributed by atoms with van der Waals surface area (Å²) >= 11 is 3.42. The van der Waals surface area contributed by atoms with E-state index in [4.69, 9.17) is 9.15 Å². The topological polar surface area (TPSA) is 60.7 Å². The number of halogens is 1. The minimum absolute atomic E-state index is 0.403. The highest BCUT2D eigenvalue weighted by Crippen LogP contribution is 2.27. The van der Waals surface area contributed by atoms with Crippen LogP contribution in [0.3, 0.4) is 0 Å². The van der Waals surface area contributed by atoms with Gasteiger partial charge in [0.25, 0.3) is 0 Å². The van der Waals surface area contributed by atoms with Crippen molar-refractivity contribution >= 4 is 27.6 Å². The Morgan fingerprint density at radius 1 is 1.35 bits per heavy atom. The lowest BCUT2D eigenvalue weighted by atomic mass is 10.3. The van der Waals surface area contributed by atoms with Gasteiger partial charge in [-0.25, -0.2) is 4.79 Å². The van der Waals surface area contributed by atoms with Crippen LogP contribution in [0.25, 0.3) is 0 Å². The number of rotatable bonds is 5. The molecule has 0 fully saturated rings. The Balaban J connectivity index is 2.00. The quantitative estimate of drug-likeness (QED) is 0.845. The van der Waals surface area contributed by atoms with Crippen molar-refractivity contribution in [2.75, 3.05) is 19.5 Å². The van der Waals surface area contributed by atoms with Gasteiger partial charge in [0.05, 0.1) is 30.8 Å². The van der Waals surface area contributed by atoms with E-state index in [1.807, 2.05) is 18.2 Å². The van der Waals surface area contributed by atoms with E-state index in [1.165, 1.54) is 13.4 Å². The Morgan fingerprint density at radius 3 is 2.80 bits per heavy atom. The number of benzene rings is 1. The van der Waals surface area contributed by atoms with Gasteiger partial charge in [0, 0.05) is 5.69 Å². The van der Waals surface area contributed by atoms with Crippen LogP contribution in [-0.4, -0.2) is 20.2 Å². The highest BCUT2D eigenvalue weighted by molar-refractivity contribution is 9.10. The Hall–Kier alpha value is -1.95. The molecule has 6 heteroatoms. The third-order valence-electron chi connectivity index (χ3n) is 2.69. The molecule has 0 atom stereocenters. The molecule has 0 unspecified atom stereocenters. The molecule has 1 heterocycles. The fraction of sp³-hybridized carbons (Fsp3) is 0.214. The zero-order chi connectivity index (χ0) is 14.5. The summed E-state index contributed by atoms with van der Waals surface area (Å²) in [6.45, 7) is 0.468. The molecule has 106 valence electrons. The van der Waals surface area contributed by atoms with Gasteiger partial charge in [-0.2, -0.15) is 0 Å². The van der Waals surface area contributed by atoms with Crippen molar-refractivity contribution < 1.29 is 18.7 Å². The second-order valence-corrected chi connectivity index (χ2v) is 4.85. The van der Waals surface area contributed by atoms with Gasteiger partial charge in [0.2, 0.25) is 0 Å². The Kier molecular flexibility index (Phi) is 4.68. The molecule has 0 bridgehead atoms. The standard InChI is InChI=1S/C14H14BrNO4/c1-18-13-4-3-10(6-12(13)15)16-7-11-5-9(8-20-11)14(17)19-2/h3-6,8,16H,7H2,1-2H3. The van der Waals surface area contributed by atoms with Gasteiger partial charge in [-0.05, 0) is 40.2 Å². The van der Waals surface area contributed by atoms with E-state index in [0.29, 0.717) is 17.9 Å². The molecule has 0 saturated heterocycles. The number of nitrogens with one attached hydrogen (secondary N) is 1. The maximum Gasteiger partial charge on any atom is 0.341 e. The number of hydrogen-bond donors (Lipinski definition) is 1. The summed E-state index contributed by atoms with van der Waals surface area (Å²) in [6, 6.07) is 7.31. The highest BCUT2D eigenvalue weighted by Gasteiger charge is 2.10. The Labute approximate surface area is 125 Å². The number of esters is 1. The third kappa shape index (κ3) is 3.33. The van der Waals surface area contributed by atoms with Gasteiger partial charge < -0.3 is 19.2 Å². The minimum Gasteiger partial charge on any atom is -0.496 e. The number of ether oxygens (including phenoxy) is 2. The summed E-state index contributed by atoms with van der Waals surface area (Å²) in [7, 11) is 2.95. The number of methoxy groups -OCH3 is 2. The lowest BCUT2D eigenvalue weighted by Crippen LogP contribution is -2.00. The fourth-order valence-corrected chi connectivity index (χ4v) is 2.20. The van der Waals surface area contributed by atoms with Crippen LogP contribution in [0.1, 0.15) is 16.1 Å². The molecule has 0 radical (unpaired) electrons. The largest absolute Gasteiger partial charge is 0.496 e. The Morgan fingerprint density at radius 2 is 2.15 bits per heavy atom. The number of anilines is 1. The van der Waals surface area contributed by atoms with Crippen molar-refractivity contribution in [3.8, 4) is 5.75 Å². The number of hydrogen-bond acceptors (Lipinski definition) is 5. The van der Waals surface area contributed by atoms with E-state index in [-0.39, 0.29) is 0 Å². The SMILES string of the molecule is COC(=O)c1coc(CNc2ccc(OC)c(Br)c2)c1. The molecule has 1 N–H and O–H groups in total. The molecule has 0 amide bonds. The van der Waals surface area contributed by atoms with E-state index in [9.17, 15) is 4.79 Å². The summed E-state index contributed by atoms with van der Waals surface area (Å²) in [5.74, 6) is 1.01. The maximum atomic E-state index is 11.3. The summed E-state index contributed by atoms with van der Waals surface area (Å²) in [4.78, 5) is 11.3. The first-order chi connectivity index (χ1) is 9.63. The average Bonchev–Trinajstić information content (AvgIpc) is 2.93. The highest BCUT2D eigenvalue weighted by atomic mass is 79.9. The lowest BCUT2D eigenvalue weighted by molar-refractivity contribution is 0.0600. The second kappa shape index (κ2) is 6.47. The summed E-state index contributed by atoms with van der Waals surface area (Å²) in [5.41, 5.74) is 1.31. The molecule has 2 rings (SSSR count). The van der Waals surface area contributed by atoms with E-state index in [1.54, 1.807) is 13.2 Å². The molecular formula is C14H14BrNO4.